The van der Waals surface area contributed by atoms with E-state index in [1.807, 2.05) is 0 Å². The maximum atomic E-state index is 11.8. The fraction of sp³-hybridized carbons (Fsp3) is 0.941. The molecule has 19 heavy (non-hydrogen) atoms. The fourth-order valence-electron chi connectivity index (χ4n) is 3.02. The van der Waals surface area contributed by atoms with Gasteiger partial charge < -0.3 is 4.74 Å². The quantitative estimate of drug-likeness (QED) is 0.474. The first-order valence-corrected chi connectivity index (χ1v) is 8.17. The average Bonchev–Trinajstić information content (AvgIpc) is 2.34. The lowest BCUT2D eigenvalue weighted by atomic mass is 9.67. The number of esters is 1. The molecule has 1 saturated carbocycles. The van der Waals surface area contributed by atoms with Crippen molar-refractivity contribution < 1.29 is 9.53 Å². The Hall–Kier alpha value is -0.530. The number of carbonyl (C=O) groups is 1. The summed E-state index contributed by atoms with van der Waals surface area (Å²) in [5.41, 5.74) is 0.353. The first-order chi connectivity index (χ1) is 8.98. The average molecular weight is 268 g/mol. The highest BCUT2D eigenvalue weighted by molar-refractivity contribution is 5.69. The molecule has 1 fully saturated rings. The molecule has 0 aliphatic heterocycles. The molecule has 0 heterocycles. The van der Waals surface area contributed by atoms with Crippen molar-refractivity contribution >= 4 is 5.97 Å². The predicted molar refractivity (Wildman–Crippen MR) is 80.1 cm³/mol. The van der Waals surface area contributed by atoms with E-state index in [2.05, 4.69) is 27.7 Å². The summed E-state index contributed by atoms with van der Waals surface area (Å²) in [7, 11) is 0. The number of hydrogen-bond acceptors (Lipinski definition) is 2. The van der Waals surface area contributed by atoms with Gasteiger partial charge in [-0.25, -0.2) is 0 Å². The molecule has 1 aliphatic rings. The Morgan fingerprint density at radius 1 is 1.32 bits per heavy atom. The van der Waals surface area contributed by atoms with E-state index in [1.54, 1.807) is 0 Å². The van der Waals surface area contributed by atoms with E-state index in [1.165, 1.54) is 25.7 Å². The maximum Gasteiger partial charge on any atom is 0.306 e. The molecule has 0 N–H and O–H groups in total. The number of unbranched alkanes of at least 4 members (excludes halogenated alkanes) is 3. The van der Waals surface area contributed by atoms with Crippen molar-refractivity contribution in [3.63, 3.8) is 0 Å². The van der Waals surface area contributed by atoms with E-state index in [-0.39, 0.29) is 12.1 Å². The topological polar surface area (TPSA) is 26.3 Å². The molecule has 0 spiro atoms. The van der Waals surface area contributed by atoms with Gasteiger partial charge in [0.2, 0.25) is 0 Å². The highest BCUT2D eigenvalue weighted by Gasteiger charge is 2.36. The van der Waals surface area contributed by atoms with Crippen LogP contribution in [-0.2, 0) is 9.53 Å². The van der Waals surface area contributed by atoms with Gasteiger partial charge in [0.25, 0.3) is 0 Å². The zero-order chi connectivity index (χ0) is 14.3. The van der Waals surface area contributed by atoms with Crippen molar-refractivity contribution in [3.05, 3.63) is 0 Å². The van der Waals surface area contributed by atoms with E-state index in [0.29, 0.717) is 17.8 Å². The summed E-state index contributed by atoms with van der Waals surface area (Å²) in [6, 6.07) is 0. The Morgan fingerprint density at radius 2 is 2.05 bits per heavy atom. The van der Waals surface area contributed by atoms with Crippen LogP contribution < -0.4 is 0 Å². The summed E-state index contributed by atoms with van der Waals surface area (Å²) in [5, 5.41) is 0. The number of ether oxygens (including phenoxy) is 1. The van der Waals surface area contributed by atoms with E-state index < -0.39 is 0 Å². The van der Waals surface area contributed by atoms with Crippen LogP contribution in [0.1, 0.15) is 85.5 Å². The second kappa shape index (κ2) is 7.91. The first kappa shape index (κ1) is 16.5. The van der Waals surface area contributed by atoms with Crippen molar-refractivity contribution in [3.8, 4) is 0 Å². The van der Waals surface area contributed by atoms with Gasteiger partial charge in [0.1, 0.15) is 6.10 Å². The zero-order valence-corrected chi connectivity index (χ0v) is 13.3. The fourth-order valence-corrected chi connectivity index (χ4v) is 3.02. The molecule has 2 heteroatoms. The van der Waals surface area contributed by atoms with E-state index in [4.69, 9.17) is 4.74 Å². The smallest absolute Gasteiger partial charge is 0.306 e. The number of hydrogen-bond donors (Lipinski definition) is 0. The van der Waals surface area contributed by atoms with Gasteiger partial charge in [0.15, 0.2) is 0 Å². The van der Waals surface area contributed by atoms with Gasteiger partial charge in [-0.2, -0.15) is 0 Å². The highest BCUT2D eigenvalue weighted by Crippen LogP contribution is 2.42. The minimum absolute atomic E-state index is 0.0223. The molecule has 0 bridgehead atoms. The summed E-state index contributed by atoms with van der Waals surface area (Å²) in [4.78, 5) is 11.8. The van der Waals surface area contributed by atoms with E-state index >= 15 is 0 Å². The molecule has 2 nitrogen and oxygen atoms in total. The summed E-state index contributed by atoms with van der Waals surface area (Å²) in [5.74, 6) is 0.688. The van der Waals surface area contributed by atoms with Crippen molar-refractivity contribution in [1.29, 1.82) is 0 Å². The van der Waals surface area contributed by atoms with Gasteiger partial charge in [-0.1, -0.05) is 47.0 Å². The van der Waals surface area contributed by atoms with Gasteiger partial charge in [0.05, 0.1) is 0 Å². The molecule has 1 rings (SSSR count). The summed E-state index contributed by atoms with van der Waals surface area (Å²) in [6.45, 7) is 9.11. The summed E-state index contributed by atoms with van der Waals surface area (Å²) >= 11 is 0. The zero-order valence-electron chi connectivity index (χ0n) is 13.3. The van der Waals surface area contributed by atoms with Crippen molar-refractivity contribution in [2.75, 3.05) is 0 Å². The lowest BCUT2D eigenvalue weighted by Gasteiger charge is -2.40. The van der Waals surface area contributed by atoms with Crippen LogP contribution in [0.3, 0.4) is 0 Å². The normalized spacial score (nSPS) is 27.5. The van der Waals surface area contributed by atoms with E-state index in [9.17, 15) is 4.79 Å². The number of rotatable bonds is 7. The van der Waals surface area contributed by atoms with Crippen LogP contribution in [0, 0.1) is 11.3 Å². The van der Waals surface area contributed by atoms with Gasteiger partial charge >= 0.3 is 5.97 Å². The standard InChI is InChI=1S/C17H32O2/c1-5-6-7-8-11-16(18)19-15-10-9-12-17(4,13-15)14(2)3/h14-15H,5-13H2,1-4H3. The molecule has 0 aromatic heterocycles. The van der Waals surface area contributed by atoms with Crippen molar-refractivity contribution in [2.45, 2.75) is 91.6 Å². The molecule has 2 atom stereocenters. The van der Waals surface area contributed by atoms with E-state index in [0.717, 1.165) is 25.7 Å². The molecule has 2 unspecified atom stereocenters. The Bertz CT molecular complexity index is 272. The van der Waals surface area contributed by atoms with Crippen LogP contribution in [-0.4, -0.2) is 12.1 Å². The molecular weight excluding hydrogens is 236 g/mol. The summed E-state index contributed by atoms with van der Waals surface area (Å²) in [6.07, 6.45) is 9.92. The lowest BCUT2D eigenvalue weighted by Crippen LogP contribution is -2.35. The molecule has 0 saturated heterocycles. The van der Waals surface area contributed by atoms with Crippen LogP contribution in [0.25, 0.3) is 0 Å². The molecule has 112 valence electrons. The molecule has 1 aliphatic carbocycles. The second-order valence-electron chi connectivity index (χ2n) is 6.83. The third kappa shape index (κ3) is 5.54. The van der Waals surface area contributed by atoms with Gasteiger partial charge in [-0.3, -0.25) is 4.79 Å². The Labute approximate surface area is 119 Å². The van der Waals surface area contributed by atoms with Crippen LogP contribution in [0.2, 0.25) is 0 Å². The highest BCUT2D eigenvalue weighted by atomic mass is 16.5. The maximum absolute atomic E-state index is 11.8. The Kier molecular flexibility index (Phi) is 6.88. The number of carbonyl (C=O) groups excluding carboxylic acids is 1. The van der Waals surface area contributed by atoms with Crippen molar-refractivity contribution in [1.82, 2.24) is 0 Å². The minimum Gasteiger partial charge on any atom is -0.462 e. The SMILES string of the molecule is CCCCCCC(=O)OC1CCCC(C)(C(C)C)C1. The molecule has 0 amide bonds. The van der Waals surface area contributed by atoms with Gasteiger partial charge in [0, 0.05) is 6.42 Å². The Morgan fingerprint density at radius 3 is 2.68 bits per heavy atom. The predicted octanol–water partition coefficient (Wildman–Crippen LogP) is 5.10. The first-order valence-electron chi connectivity index (χ1n) is 8.17. The van der Waals surface area contributed by atoms with Crippen LogP contribution in [0.4, 0.5) is 0 Å². The second-order valence-corrected chi connectivity index (χ2v) is 6.83. The molecular formula is C17H32O2. The lowest BCUT2D eigenvalue weighted by molar-refractivity contribution is -0.153. The van der Waals surface area contributed by atoms with Crippen LogP contribution >= 0.6 is 0 Å². The van der Waals surface area contributed by atoms with Crippen molar-refractivity contribution in [2.24, 2.45) is 11.3 Å². The summed E-state index contributed by atoms with van der Waals surface area (Å²) < 4.78 is 5.68. The molecule has 0 aromatic carbocycles. The third-order valence-corrected chi connectivity index (χ3v) is 4.89. The third-order valence-electron chi connectivity index (χ3n) is 4.89. The van der Waals surface area contributed by atoms with Gasteiger partial charge in [-0.15, -0.1) is 0 Å². The van der Waals surface area contributed by atoms with Gasteiger partial charge in [-0.05, 0) is 43.4 Å². The van der Waals surface area contributed by atoms with Crippen LogP contribution in [0.5, 0.6) is 0 Å². The monoisotopic (exact) mass is 268 g/mol. The minimum atomic E-state index is 0.0223. The van der Waals surface area contributed by atoms with Crippen LogP contribution in [0.15, 0.2) is 0 Å². The molecule has 0 aromatic rings. The largest absolute Gasteiger partial charge is 0.462 e. The molecule has 0 radical (unpaired) electrons. The Balaban J connectivity index is 2.30.